The maximum Gasteiger partial charge on any atom is 0.251 e. The van der Waals surface area contributed by atoms with Crippen molar-refractivity contribution < 1.29 is 14.3 Å². The number of rotatable bonds is 4. The Kier molecular flexibility index (Phi) is 7.65. The Hall–Kier alpha value is -2.86. The number of amides is 1. The molecule has 1 aromatic carbocycles. The van der Waals surface area contributed by atoms with Crippen LogP contribution in [0.3, 0.4) is 0 Å². The molecular formula is C27H35N3O3. The summed E-state index contributed by atoms with van der Waals surface area (Å²) in [4.78, 5) is 20.4. The SMILES string of the molecule is CCN(c1cccc2c1C/C=C/CCc1cc(C)nc(OC)c1CNC2=O)C1CCOCC1. The van der Waals surface area contributed by atoms with E-state index in [-0.39, 0.29) is 5.91 Å². The van der Waals surface area contributed by atoms with Gasteiger partial charge in [-0.05, 0) is 75.3 Å². The van der Waals surface area contributed by atoms with Crippen molar-refractivity contribution in [2.45, 2.75) is 58.5 Å². The zero-order valence-corrected chi connectivity index (χ0v) is 20.0. The number of benzene rings is 1. The van der Waals surface area contributed by atoms with E-state index in [0.29, 0.717) is 18.5 Å². The van der Waals surface area contributed by atoms with Crippen LogP contribution in [0, 0.1) is 6.92 Å². The summed E-state index contributed by atoms with van der Waals surface area (Å²) in [5.41, 5.74) is 6.05. The van der Waals surface area contributed by atoms with Crippen molar-refractivity contribution in [3.05, 3.63) is 64.4 Å². The minimum Gasteiger partial charge on any atom is -0.481 e. The van der Waals surface area contributed by atoms with Gasteiger partial charge in [-0.3, -0.25) is 4.79 Å². The highest BCUT2D eigenvalue weighted by atomic mass is 16.5. The first-order valence-electron chi connectivity index (χ1n) is 12.0. The molecule has 0 unspecified atom stereocenters. The van der Waals surface area contributed by atoms with Crippen molar-refractivity contribution in [1.82, 2.24) is 10.3 Å². The largest absolute Gasteiger partial charge is 0.481 e. The van der Waals surface area contributed by atoms with Gasteiger partial charge in [-0.15, -0.1) is 0 Å². The van der Waals surface area contributed by atoms with E-state index < -0.39 is 0 Å². The molecule has 1 aromatic heterocycles. The molecule has 6 heteroatoms. The average molecular weight is 450 g/mol. The van der Waals surface area contributed by atoms with Crippen molar-refractivity contribution in [2.75, 3.05) is 31.8 Å². The van der Waals surface area contributed by atoms with Gasteiger partial charge < -0.3 is 19.7 Å². The first kappa shape index (κ1) is 23.3. The highest BCUT2D eigenvalue weighted by Crippen LogP contribution is 2.30. The van der Waals surface area contributed by atoms with Crippen LogP contribution in [0.1, 0.15) is 58.9 Å². The summed E-state index contributed by atoms with van der Waals surface area (Å²) in [6.45, 7) is 7.07. The average Bonchev–Trinajstić information content (AvgIpc) is 2.83. The third-order valence-corrected chi connectivity index (χ3v) is 6.67. The summed E-state index contributed by atoms with van der Waals surface area (Å²) in [5.74, 6) is 0.537. The molecule has 0 atom stereocenters. The first-order chi connectivity index (χ1) is 16.1. The molecule has 4 rings (SSSR count). The van der Waals surface area contributed by atoms with Crippen LogP contribution in [0.4, 0.5) is 5.69 Å². The van der Waals surface area contributed by atoms with Gasteiger partial charge in [0.25, 0.3) is 5.91 Å². The molecular weight excluding hydrogens is 414 g/mol. The van der Waals surface area contributed by atoms with Crippen LogP contribution in [0.25, 0.3) is 0 Å². The van der Waals surface area contributed by atoms with E-state index >= 15 is 0 Å². The predicted octanol–water partition coefficient (Wildman–Crippen LogP) is 4.38. The topological polar surface area (TPSA) is 63.7 Å². The quantitative estimate of drug-likeness (QED) is 0.702. The molecule has 0 radical (unpaired) electrons. The number of methoxy groups -OCH3 is 1. The second kappa shape index (κ2) is 10.8. The Morgan fingerprint density at radius 2 is 2.03 bits per heavy atom. The van der Waals surface area contributed by atoms with E-state index in [0.717, 1.165) is 79.9 Å². The number of aryl methyl sites for hydroxylation is 2. The van der Waals surface area contributed by atoms with Crippen LogP contribution in [-0.4, -0.2) is 43.8 Å². The van der Waals surface area contributed by atoms with Crippen molar-refractivity contribution in [1.29, 1.82) is 0 Å². The Morgan fingerprint density at radius 1 is 1.21 bits per heavy atom. The fourth-order valence-corrected chi connectivity index (χ4v) is 5.03. The number of carbonyl (C=O) groups is 1. The van der Waals surface area contributed by atoms with Gasteiger partial charge in [-0.2, -0.15) is 0 Å². The number of anilines is 1. The Balaban J connectivity index is 1.70. The molecule has 33 heavy (non-hydrogen) atoms. The predicted molar refractivity (Wildman–Crippen MR) is 131 cm³/mol. The molecule has 0 saturated carbocycles. The van der Waals surface area contributed by atoms with E-state index in [4.69, 9.17) is 9.47 Å². The second-order valence-electron chi connectivity index (χ2n) is 8.74. The first-order valence-corrected chi connectivity index (χ1v) is 12.0. The van der Waals surface area contributed by atoms with Crippen LogP contribution in [0.5, 0.6) is 5.88 Å². The summed E-state index contributed by atoms with van der Waals surface area (Å²) >= 11 is 0. The van der Waals surface area contributed by atoms with E-state index in [1.807, 2.05) is 19.1 Å². The van der Waals surface area contributed by atoms with Crippen molar-refractivity contribution >= 4 is 11.6 Å². The van der Waals surface area contributed by atoms with Crippen LogP contribution in [0.2, 0.25) is 0 Å². The Labute approximate surface area is 197 Å². The number of aromatic nitrogens is 1. The molecule has 2 aliphatic heterocycles. The van der Waals surface area contributed by atoms with Crippen LogP contribution in [0.15, 0.2) is 36.4 Å². The monoisotopic (exact) mass is 449 g/mol. The van der Waals surface area contributed by atoms with E-state index in [1.165, 1.54) is 5.56 Å². The fraction of sp³-hybridized carbons (Fsp3) is 0.481. The summed E-state index contributed by atoms with van der Waals surface area (Å²) < 4.78 is 11.1. The molecule has 0 spiro atoms. The Morgan fingerprint density at radius 3 is 2.79 bits per heavy atom. The van der Waals surface area contributed by atoms with E-state index in [9.17, 15) is 4.79 Å². The molecule has 1 saturated heterocycles. The maximum absolute atomic E-state index is 13.4. The molecule has 2 aromatic rings. The zero-order valence-electron chi connectivity index (χ0n) is 20.0. The number of nitrogens with zero attached hydrogens (tertiary/aromatic N) is 2. The number of fused-ring (bicyclic) bond motifs is 2. The number of nitrogens with one attached hydrogen (secondary N) is 1. The van der Waals surface area contributed by atoms with Crippen LogP contribution in [-0.2, 0) is 24.1 Å². The lowest BCUT2D eigenvalue weighted by atomic mass is 9.96. The third kappa shape index (κ3) is 5.22. The van der Waals surface area contributed by atoms with Crippen molar-refractivity contribution in [3.63, 3.8) is 0 Å². The molecule has 1 N–H and O–H groups in total. The lowest BCUT2D eigenvalue weighted by Crippen LogP contribution is -2.40. The lowest BCUT2D eigenvalue weighted by Gasteiger charge is -2.37. The number of hydrogen-bond donors (Lipinski definition) is 1. The van der Waals surface area contributed by atoms with Gasteiger partial charge in [0.15, 0.2) is 0 Å². The molecule has 0 bridgehead atoms. The van der Waals surface area contributed by atoms with Gasteiger partial charge in [-0.25, -0.2) is 4.98 Å². The number of ether oxygens (including phenoxy) is 2. The van der Waals surface area contributed by atoms with Gasteiger partial charge in [-0.1, -0.05) is 18.2 Å². The molecule has 176 valence electrons. The summed E-state index contributed by atoms with van der Waals surface area (Å²) in [7, 11) is 1.64. The summed E-state index contributed by atoms with van der Waals surface area (Å²) in [6.07, 6.45) is 9.04. The zero-order chi connectivity index (χ0) is 23.2. The van der Waals surface area contributed by atoms with Gasteiger partial charge in [0.1, 0.15) is 0 Å². The lowest BCUT2D eigenvalue weighted by molar-refractivity contribution is 0.0845. The van der Waals surface area contributed by atoms with Crippen LogP contribution >= 0.6 is 0 Å². The minimum absolute atomic E-state index is 0.0579. The number of allylic oxidation sites excluding steroid dienone is 2. The fourth-order valence-electron chi connectivity index (χ4n) is 5.03. The minimum atomic E-state index is -0.0579. The van der Waals surface area contributed by atoms with Gasteiger partial charge in [0.05, 0.1) is 7.11 Å². The summed E-state index contributed by atoms with van der Waals surface area (Å²) in [6, 6.07) is 8.65. The Bertz CT molecular complexity index is 1010. The third-order valence-electron chi connectivity index (χ3n) is 6.67. The summed E-state index contributed by atoms with van der Waals surface area (Å²) in [5, 5.41) is 3.15. The highest BCUT2D eigenvalue weighted by Gasteiger charge is 2.25. The number of carbonyl (C=O) groups excluding carboxylic acids is 1. The second-order valence-corrected chi connectivity index (χ2v) is 8.74. The molecule has 3 heterocycles. The van der Waals surface area contributed by atoms with Crippen molar-refractivity contribution in [2.24, 2.45) is 0 Å². The van der Waals surface area contributed by atoms with Gasteiger partial charge in [0.2, 0.25) is 5.88 Å². The van der Waals surface area contributed by atoms with Crippen molar-refractivity contribution in [3.8, 4) is 5.88 Å². The smallest absolute Gasteiger partial charge is 0.251 e. The number of hydrogen-bond acceptors (Lipinski definition) is 5. The van der Waals surface area contributed by atoms with Crippen LogP contribution < -0.4 is 15.0 Å². The molecule has 1 fully saturated rings. The molecule has 2 aliphatic rings. The van der Waals surface area contributed by atoms with E-state index in [2.05, 4.69) is 46.4 Å². The molecule has 6 nitrogen and oxygen atoms in total. The highest BCUT2D eigenvalue weighted by molar-refractivity contribution is 5.97. The standard InChI is InChI=1S/C27H35N3O3/c1-4-30(21-13-15-33-16-14-21)25-12-8-11-23-22(25)10-7-5-6-9-20-17-19(2)29-27(32-3)24(20)18-28-26(23)31/h5,7-8,11-12,17,21H,4,6,9-10,13-16,18H2,1-3H3,(H,28,31)/b7-5+. The molecule has 0 aliphatic carbocycles. The normalized spacial score (nSPS) is 18.2. The number of pyridine rings is 1. The van der Waals surface area contributed by atoms with E-state index in [1.54, 1.807) is 7.11 Å². The van der Waals surface area contributed by atoms with Gasteiger partial charge >= 0.3 is 0 Å². The molecule has 1 amide bonds. The maximum atomic E-state index is 13.4. The van der Waals surface area contributed by atoms with Gasteiger partial charge in [0, 0.05) is 54.9 Å².